The molecule has 1 saturated heterocycles. The number of hydrogen-bond acceptors (Lipinski definition) is 4. The molecule has 2 aromatic carbocycles. The van der Waals surface area contributed by atoms with E-state index in [1.54, 1.807) is 54.0 Å². The van der Waals surface area contributed by atoms with Crippen molar-refractivity contribution in [2.24, 2.45) is 0 Å². The Hall–Kier alpha value is -2.57. The van der Waals surface area contributed by atoms with E-state index in [-0.39, 0.29) is 11.8 Å². The summed E-state index contributed by atoms with van der Waals surface area (Å²) in [6.45, 7) is 6.06. The Kier molecular flexibility index (Phi) is 5.23. The summed E-state index contributed by atoms with van der Waals surface area (Å²) in [6.07, 6.45) is 0. The first kappa shape index (κ1) is 19.7. The summed E-state index contributed by atoms with van der Waals surface area (Å²) in [5.41, 5.74) is 1.08. The van der Waals surface area contributed by atoms with Gasteiger partial charge in [-0.05, 0) is 49.7 Å². The highest BCUT2D eigenvalue weighted by Crippen LogP contribution is 2.39. The molecule has 0 aromatic heterocycles. The number of carbonyl (C=O) groups is 2. The number of anilines is 1. The molecule has 0 saturated carbocycles. The number of morpholine rings is 1. The quantitative estimate of drug-likeness (QED) is 0.771. The second-order valence-corrected chi connectivity index (χ2v) is 8.15. The monoisotopic (exact) mass is 414 g/mol. The van der Waals surface area contributed by atoms with E-state index in [4.69, 9.17) is 21.1 Å². The van der Waals surface area contributed by atoms with Crippen LogP contribution in [0.15, 0.2) is 42.5 Å². The van der Waals surface area contributed by atoms with Gasteiger partial charge in [0.15, 0.2) is 5.60 Å². The maximum Gasteiger partial charge on any atom is 0.271 e. The van der Waals surface area contributed by atoms with Gasteiger partial charge in [-0.2, -0.15) is 0 Å². The lowest BCUT2D eigenvalue weighted by atomic mass is 10.0. The highest BCUT2D eigenvalue weighted by molar-refractivity contribution is 6.30. The van der Waals surface area contributed by atoms with Crippen molar-refractivity contribution in [3.05, 3.63) is 58.6 Å². The zero-order chi connectivity index (χ0) is 20.6. The van der Waals surface area contributed by atoms with E-state index >= 15 is 0 Å². The number of amides is 2. The van der Waals surface area contributed by atoms with E-state index in [0.29, 0.717) is 54.9 Å². The number of carbonyl (C=O) groups excluding carboxylic acids is 2. The van der Waals surface area contributed by atoms with E-state index in [1.807, 2.05) is 12.1 Å². The van der Waals surface area contributed by atoms with E-state index in [9.17, 15) is 9.59 Å². The van der Waals surface area contributed by atoms with Crippen LogP contribution in [0.25, 0.3) is 0 Å². The molecule has 0 spiro atoms. The van der Waals surface area contributed by atoms with Crippen LogP contribution in [0.2, 0.25) is 5.02 Å². The number of fused-ring (bicyclic) bond motifs is 1. The molecule has 0 bridgehead atoms. The van der Waals surface area contributed by atoms with Crippen molar-refractivity contribution in [2.45, 2.75) is 26.0 Å². The van der Waals surface area contributed by atoms with Gasteiger partial charge in [-0.15, -0.1) is 0 Å². The van der Waals surface area contributed by atoms with Gasteiger partial charge in [0.05, 0.1) is 25.4 Å². The molecule has 0 radical (unpaired) electrons. The van der Waals surface area contributed by atoms with Gasteiger partial charge in [-0.1, -0.05) is 23.7 Å². The van der Waals surface area contributed by atoms with Gasteiger partial charge in [-0.25, -0.2) is 0 Å². The third-order valence-corrected chi connectivity index (χ3v) is 5.43. The third-order valence-electron chi connectivity index (χ3n) is 5.17. The largest absolute Gasteiger partial charge is 0.476 e. The van der Waals surface area contributed by atoms with Crippen LogP contribution in [0, 0.1) is 0 Å². The Morgan fingerprint density at radius 3 is 2.48 bits per heavy atom. The minimum Gasteiger partial charge on any atom is -0.476 e. The maximum atomic E-state index is 13.1. The molecule has 2 amide bonds. The molecule has 29 heavy (non-hydrogen) atoms. The minimum atomic E-state index is -0.991. The fourth-order valence-electron chi connectivity index (χ4n) is 3.58. The number of halogens is 1. The Morgan fingerprint density at radius 2 is 1.79 bits per heavy atom. The minimum absolute atomic E-state index is 0.0696. The smallest absolute Gasteiger partial charge is 0.271 e. The van der Waals surface area contributed by atoms with Gasteiger partial charge in [0.2, 0.25) is 0 Å². The molecule has 2 aliphatic rings. The summed E-state index contributed by atoms with van der Waals surface area (Å²) in [5, 5.41) is 0.640. The molecule has 2 aromatic rings. The Labute approximate surface area is 174 Å². The first-order chi connectivity index (χ1) is 13.8. The van der Waals surface area contributed by atoms with Crippen molar-refractivity contribution >= 4 is 29.1 Å². The summed E-state index contributed by atoms with van der Waals surface area (Å²) in [5.74, 6) is 0.359. The number of benzene rings is 2. The van der Waals surface area contributed by atoms with Crippen molar-refractivity contribution in [1.82, 2.24) is 4.90 Å². The van der Waals surface area contributed by atoms with E-state index in [2.05, 4.69) is 0 Å². The van der Waals surface area contributed by atoms with Crippen LogP contribution >= 0.6 is 11.6 Å². The van der Waals surface area contributed by atoms with Gasteiger partial charge < -0.3 is 19.3 Å². The lowest BCUT2D eigenvalue weighted by Gasteiger charge is -2.39. The summed E-state index contributed by atoms with van der Waals surface area (Å²) >= 11 is 5.99. The van der Waals surface area contributed by atoms with Crippen molar-refractivity contribution in [3.63, 3.8) is 0 Å². The second-order valence-electron chi connectivity index (χ2n) is 7.72. The molecule has 2 aliphatic heterocycles. The SMILES string of the molecule is CC1(C)Oc2ccc(C(=O)N3CCOCC3)cc2N(Cc2ccc(Cl)cc2)C1=O. The van der Waals surface area contributed by atoms with Gasteiger partial charge in [0.25, 0.3) is 11.8 Å². The average Bonchev–Trinajstić information content (AvgIpc) is 2.72. The number of hydrogen-bond donors (Lipinski definition) is 0. The van der Waals surface area contributed by atoms with Crippen LogP contribution in [0.1, 0.15) is 29.8 Å². The highest BCUT2D eigenvalue weighted by Gasteiger charge is 2.41. The third kappa shape index (κ3) is 3.95. The fourth-order valence-corrected chi connectivity index (χ4v) is 3.70. The van der Waals surface area contributed by atoms with Gasteiger partial charge in [-0.3, -0.25) is 9.59 Å². The van der Waals surface area contributed by atoms with Crippen molar-refractivity contribution in [2.75, 3.05) is 31.2 Å². The predicted octanol–water partition coefficient (Wildman–Crippen LogP) is 3.52. The second kappa shape index (κ2) is 7.69. The molecule has 4 rings (SSSR count). The normalized spacial score (nSPS) is 18.2. The molecule has 0 atom stereocenters. The average molecular weight is 415 g/mol. The topological polar surface area (TPSA) is 59.1 Å². The van der Waals surface area contributed by atoms with Gasteiger partial charge >= 0.3 is 0 Å². The van der Waals surface area contributed by atoms with Crippen LogP contribution in [0.3, 0.4) is 0 Å². The zero-order valence-corrected chi connectivity index (χ0v) is 17.2. The Morgan fingerprint density at radius 1 is 1.10 bits per heavy atom. The molecule has 0 unspecified atom stereocenters. The molecule has 1 fully saturated rings. The molecular formula is C22H23ClN2O4. The van der Waals surface area contributed by atoms with Crippen molar-refractivity contribution in [1.29, 1.82) is 0 Å². The van der Waals surface area contributed by atoms with Crippen LogP contribution in [0.5, 0.6) is 5.75 Å². The lowest BCUT2D eigenvalue weighted by molar-refractivity contribution is -0.132. The summed E-state index contributed by atoms with van der Waals surface area (Å²) in [6, 6.07) is 12.6. The van der Waals surface area contributed by atoms with Crippen LogP contribution in [-0.2, 0) is 16.1 Å². The Balaban J connectivity index is 1.69. The van der Waals surface area contributed by atoms with Gasteiger partial charge in [0, 0.05) is 23.7 Å². The number of nitrogens with zero attached hydrogens (tertiary/aromatic N) is 2. The zero-order valence-electron chi connectivity index (χ0n) is 16.5. The maximum absolute atomic E-state index is 13.1. The highest BCUT2D eigenvalue weighted by atomic mass is 35.5. The standard InChI is InChI=1S/C22H23ClN2O4/c1-22(2)21(27)25(14-15-3-6-17(23)7-4-15)18-13-16(5-8-19(18)29-22)20(26)24-9-11-28-12-10-24/h3-8,13H,9-12,14H2,1-2H3. The fraction of sp³-hybridized carbons (Fsp3) is 0.364. The molecule has 7 heteroatoms. The number of ether oxygens (including phenoxy) is 2. The van der Waals surface area contributed by atoms with Crippen molar-refractivity contribution < 1.29 is 19.1 Å². The molecular weight excluding hydrogens is 392 g/mol. The van der Waals surface area contributed by atoms with Crippen LogP contribution < -0.4 is 9.64 Å². The molecule has 2 heterocycles. The predicted molar refractivity (Wildman–Crippen MR) is 111 cm³/mol. The first-order valence-corrected chi connectivity index (χ1v) is 9.99. The molecule has 0 N–H and O–H groups in total. The van der Waals surface area contributed by atoms with Crippen molar-refractivity contribution in [3.8, 4) is 5.75 Å². The first-order valence-electron chi connectivity index (χ1n) is 9.62. The number of rotatable bonds is 3. The lowest BCUT2D eigenvalue weighted by Crippen LogP contribution is -2.52. The summed E-state index contributed by atoms with van der Waals surface area (Å²) < 4.78 is 11.3. The van der Waals surface area contributed by atoms with E-state index in [1.165, 1.54) is 0 Å². The van der Waals surface area contributed by atoms with Crippen LogP contribution in [0.4, 0.5) is 5.69 Å². The van der Waals surface area contributed by atoms with Crippen LogP contribution in [-0.4, -0.2) is 48.6 Å². The molecule has 152 valence electrons. The van der Waals surface area contributed by atoms with Gasteiger partial charge in [0.1, 0.15) is 5.75 Å². The Bertz CT molecular complexity index is 936. The molecule has 6 nitrogen and oxygen atoms in total. The van der Waals surface area contributed by atoms with E-state index < -0.39 is 5.60 Å². The van der Waals surface area contributed by atoms with E-state index in [0.717, 1.165) is 5.56 Å². The summed E-state index contributed by atoms with van der Waals surface area (Å²) in [7, 11) is 0. The molecule has 0 aliphatic carbocycles. The summed E-state index contributed by atoms with van der Waals surface area (Å²) in [4.78, 5) is 29.5.